The molecule has 9 heteroatoms. The monoisotopic (exact) mass is 696 g/mol. The van der Waals surface area contributed by atoms with Crippen molar-refractivity contribution in [3.8, 4) is 0 Å². The maximum Gasteiger partial charge on any atom is 0.0786 e. The fourth-order valence-corrected chi connectivity index (χ4v) is 5.29. The molecule has 1 radical (unpaired) electrons. The smallest absolute Gasteiger partial charge is 0.0786 e. The van der Waals surface area contributed by atoms with Crippen molar-refractivity contribution in [1.29, 1.82) is 31.6 Å². The van der Waals surface area contributed by atoms with E-state index in [-0.39, 0.29) is 17.1 Å². The molecule has 0 aromatic carbocycles. The second-order valence-electron chi connectivity index (χ2n) is 11.3. The molecular weight excluding hydrogens is 623 g/mol. The predicted octanol–water partition coefficient (Wildman–Crippen LogP) is 10.6. The summed E-state index contributed by atoms with van der Waals surface area (Å²) < 4.78 is 2.84. The zero-order chi connectivity index (χ0) is 38.0. The van der Waals surface area contributed by atoms with E-state index >= 15 is 0 Å². The topological polar surface area (TPSA) is 143 Å². The molecule has 0 rings (SSSR count). The van der Waals surface area contributed by atoms with Crippen molar-refractivity contribution in [3.05, 3.63) is 39.4 Å². The minimum Gasteiger partial charge on any atom is -0.512 e. The van der Waals surface area contributed by atoms with E-state index < -0.39 is 0 Å². The van der Waals surface area contributed by atoms with Crippen LogP contribution in [0.2, 0.25) is 0 Å². The molecule has 47 heavy (non-hydrogen) atoms. The summed E-state index contributed by atoms with van der Waals surface area (Å²) in [6.45, 7) is 58.5. The summed E-state index contributed by atoms with van der Waals surface area (Å²) in [5.74, 6) is 0. The zero-order valence-corrected chi connectivity index (χ0v) is 33.1. The van der Waals surface area contributed by atoms with E-state index in [1.165, 1.54) is 164 Å². The molecule has 0 saturated carbocycles. The molecular formula is C38H72MnN8-4. The molecule has 0 aliphatic rings. The second-order valence-corrected chi connectivity index (χ2v) is 11.3. The Morgan fingerprint density at radius 3 is 0.404 bits per heavy atom. The second kappa shape index (κ2) is 69.9. The number of rotatable bonds is 24. The van der Waals surface area contributed by atoms with Crippen LogP contribution in [-0.4, -0.2) is 61.3 Å². The first-order valence-electron chi connectivity index (χ1n) is 17.5. The van der Waals surface area contributed by atoms with Crippen LogP contribution in [0.4, 0.5) is 0 Å². The SMILES string of the molecule is CCCC[N+](CCCC)(CCCC)CCCC.CCCC[N+](CCCC)(CCCC)CCCC.[C-]#N.[C-]#N.[C-]#N.[C-]#N.[C-]#N.[C-]#N.[Mn]. The number of quaternary nitrogens is 2. The molecule has 0 atom stereocenters. The van der Waals surface area contributed by atoms with Crippen LogP contribution in [0.1, 0.15) is 158 Å². The van der Waals surface area contributed by atoms with Gasteiger partial charge in [0.05, 0.1) is 52.4 Å². The summed E-state index contributed by atoms with van der Waals surface area (Å²) in [5.41, 5.74) is 0. The third kappa shape index (κ3) is 53.2. The van der Waals surface area contributed by atoms with Gasteiger partial charge in [-0.1, -0.05) is 107 Å². The number of hydrogen-bond donors (Lipinski definition) is 0. The molecule has 0 aromatic heterocycles. The molecule has 0 heterocycles. The van der Waals surface area contributed by atoms with Crippen LogP contribution in [0.5, 0.6) is 0 Å². The first kappa shape index (κ1) is 66.7. The third-order valence-electron chi connectivity index (χ3n) is 7.89. The van der Waals surface area contributed by atoms with Crippen LogP contribution in [0.3, 0.4) is 0 Å². The molecule has 0 saturated heterocycles. The first-order valence-corrected chi connectivity index (χ1v) is 17.5. The maximum absolute atomic E-state index is 6.25. The Bertz CT molecular complexity index is 469. The quantitative estimate of drug-likeness (QED) is 0.0558. The van der Waals surface area contributed by atoms with Crippen molar-refractivity contribution >= 4 is 0 Å². The van der Waals surface area contributed by atoms with Gasteiger partial charge < -0.3 is 80.0 Å². The summed E-state index contributed by atoms with van der Waals surface area (Å²) in [5, 5.41) is 37.5. The zero-order valence-electron chi connectivity index (χ0n) is 31.9. The van der Waals surface area contributed by atoms with E-state index in [0.29, 0.717) is 0 Å². The van der Waals surface area contributed by atoms with E-state index in [9.17, 15) is 0 Å². The van der Waals surface area contributed by atoms with Crippen molar-refractivity contribution in [3.63, 3.8) is 0 Å². The van der Waals surface area contributed by atoms with E-state index in [1.807, 2.05) is 0 Å². The normalized spacial score (nSPS) is 8.94. The van der Waals surface area contributed by atoms with E-state index in [1.54, 1.807) is 0 Å². The van der Waals surface area contributed by atoms with Gasteiger partial charge in [-0.3, -0.25) is 0 Å². The molecule has 0 N–H and O–H groups in total. The molecule has 0 bridgehead atoms. The minimum atomic E-state index is 0. The van der Waals surface area contributed by atoms with Gasteiger partial charge in [0.1, 0.15) is 0 Å². The maximum atomic E-state index is 6.25. The van der Waals surface area contributed by atoms with Gasteiger partial charge in [0, 0.05) is 17.1 Å². The molecule has 0 aliphatic carbocycles. The van der Waals surface area contributed by atoms with Gasteiger partial charge >= 0.3 is 0 Å². The first-order chi connectivity index (χ1) is 22.5. The largest absolute Gasteiger partial charge is 0.512 e. The molecule has 0 fully saturated rings. The molecule has 275 valence electrons. The standard InChI is InChI=1S/2C16H36N.6CN.Mn/c2*1-5-9-13-17(14-10-6-2,15-11-7-3)16-12-8-4;6*1-2;/h2*5-16H2,1-4H3;;;;;;;/q2*+1;6*-1;. The summed E-state index contributed by atoms with van der Waals surface area (Å²) >= 11 is 0. The van der Waals surface area contributed by atoms with Crippen LogP contribution in [0, 0.1) is 71.0 Å². The van der Waals surface area contributed by atoms with E-state index in [4.69, 9.17) is 71.0 Å². The van der Waals surface area contributed by atoms with Crippen molar-refractivity contribution in [2.75, 3.05) is 52.4 Å². The Hall–Kier alpha value is -2.62. The van der Waals surface area contributed by atoms with Crippen molar-refractivity contribution in [2.45, 2.75) is 158 Å². The van der Waals surface area contributed by atoms with Crippen molar-refractivity contribution < 1.29 is 26.0 Å². The Kier molecular flexibility index (Phi) is 99.3. The Morgan fingerprint density at radius 2 is 0.340 bits per heavy atom. The number of nitrogens with zero attached hydrogens (tertiary/aromatic N) is 8. The summed E-state index contributed by atoms with van der Waals surface area (Å²) in [4.78, 5) is 0. The molecule has 0 aliphatic heterocycles. The van der Waals surface area contributed by atoms with Gasteiger partial charge in [0.2, 0.25) is 0 Å². The van der Waals surface area contributed by atoms with Crippen molar-refractivity contribution in [2.24, 2.45) is 0 Å². The average Bonchev–Trinajstić information content (AvgIpc) is 3.15. The van der Waals surface area contributed by atoms with Gasteiger partial charge in [0.25, 0.3) is 0 Å². The summed E-state index contributed by atoms with van der Waals surface area (Å²) in [7, 11) is 0. The van der Waals surface area contributed by atoms with Gasteiger partial charge in [0.15, 0.2) is 0 Å². The Balaban J connectivity index is -0.0000000651. The number of unbranched alkanes of at least 4 members (excludes halogenated alkanes) is 8. The van der Waals surface area contributed by atoms with Gasteiger partial charge in [-0.05, 0) is 51.4 Å². The van der Waals surface area contributed by atoms with E-state index in [0.717, 1.165) is 0 Å². The summed E-state index contributed by atoms with van der Waals surface area (Å²) in [6, 6.07) is 0. The van der Waals surface area contributed by atoms with Gasteiger partial charge in [-0.25, -0.2) is 0 Å². The molecule has 0 aromatic rings. The van der Waals surface area contributed by atoms with Crippen molar-refractivity contribution in [1.82, 2.24) is 0 Å². The Morgan fingerprint density at radius 1 is 0.255 bits per heavy atom. The van der Waals surface area contributed by atoms with Crippen LogP contribution in [0.15, 0.2) is 0 Å². The molecule has 0 unspecified atom stereocenters. The van der Waals surface area contributed by atoms with Gasteiger partial charge in [-0.2, -0.15) is 0 Å². The van der Waals surface area contributed by atoms with Crippen LogP contribution < -0.4 is 0 Å². The van der Waals surface area contributed by atoms with Crippen LogP contribution in [0.25, 0.3) is 0 Å². The fourth-order valence-electron chi connectivity index (χ4n) is 5.29. The number of hydrogen-bond acceptors (Lipinski definition) is 6. The molecule has 0 spiro atoms. The Labute approximate surface area is 306 Å². The minimum absolute atomic E-state index is 0. The fraction of sp³-hybridized carbons (Fsp3) is 0.842. The predicted molar refractivity (Wildman–Crippen MR) is 189 cm³/mol. The molecule has 8 nitrogen and oxygen atoms in total. The van der Waals surface area contributed by atoms with Crippen LogP contribution in [-0.2, 0) is 17.1 Å². The van der Waals surface area contributed by atoms with Crippen LogP contribution >= 0.6 is 0 Å². The van der Waals surface area contributed by atoms with E-state index in [2.05, 4.69) is 55.4 Å². The van der Waals surface area contributed by atoms with Gasteiger partial charge in [-0.15, -0.1) is 0 Å². The summed E-state index contributed by atoms with van der Waals surface area (Å²) in [6.07, 6.45) is 22.1. The average molecular weight is 696 g/mol. The molecule has 0 amide bonds. The third-order valence-corrected chi connectivity index (χ3v) is 7.89.